The van der Waals surface area contributed by atoms with Crippen molar-refractivity contribution in [2.24, 2.45) is 11.7 Å². The zero-order valence-corrected chi connectivity index (χ0v) is 22.4. The molecule has 3 N–H and O–H groups in total. The van der Waals surface area contributed by atoms with Crippen LogP contribution < -0.4 is 10.5 Å². The highest BCUT2D eigenvalue weighted by molar-refractivity contribution is 5.83. The normalized spacial score (nSPS) is 18.7. The van der Waals surface area contributed by atoms with Crippen LogP contribution in [-0.4, -0.2) is 84.1 Å². The second kappa shape index (κ2) is 12.3. The van der Waals surface area contributed by atoms with Gasteiger partial charge in [-0.25, -0.2) is 4.39 Å². The lowest BCUT2D eigenvalue weighted by molar-refractivity contribution is -0.136. The van der Waals surface area contributed by atoms with Crippen molar-refractivity contribution in [3.05, 3.63) is 65.6 Å². The number of piperazine rings is 1. The lowest BCUT2D eigenvalue weighted by atomic mass is 9.88. The number of H-pyrrole nitrogens is 1. The number of hydrogen-bond acceptors (Lipinski definition) is 5. The van der Waals surface area contributed by atoms with Crippen LogP contribution in [0.1, 0.15) is 30.9 Å². The molecule has 2 aliphatic rings. The number of halogens is 1. The van der Waals surface area contributed by atoms with Gasteiger partial charge in [0.1, 0.15) is 11.6 Å². The van der Waals surface area contributed by atoms with Crippen molar-refractivity contribution in [1.29, 1.82) is 0 Å². The number of fused-ring (bicyclic) bond motifs is 1. The third-order valence-corrected chi connectivity index (χ3v) is 8.25. The third kappa shape index (κ3) is 6.03. The van der Waals surface area contributed by atoms with Crippen LogP contribution in [0.3, 0.4) is 0 Å². The number of nitrogens with one attached hydrogen (secondary N) is 1. The first-order valence-corrected chi connectivity index (χ1v) is 14.0. The maximum Gasteiger partial charge on any atom is 0.239 e. The van der Waals surface area contributed by atoms with Crippen LogP contribution in [0.2, 0.25) is 0 Å². The van der Waals surface area contributed by atoms with E-state index in [0.29, 0.717) is 50.6 Å². The summed E-state index contributed by atoms with van der Waals surface area (Å²) in [5, 5.41) is 1.30. The van der Waals surface area contributed by atoms with Gasteiger partial charge in [0.25, 0.3) is 0 Å². The number of amides is 1. The summed E-state index contributed by atoms with van der Waals surface area (Å²) in [6.07, 6.45) is 4.93. The Morgan fingerprint density at radius 1 is 1.05 bits per heavy atom. The molecule has 5 rings (SSSR count). The Morgan fingerprint density at radius 2 is 1.82 bits per heavy atom. The molecule has 7 nitrogen and oxygen atoms in total. The maximum absolute atomic E-state index is 14.5. The highest BCUT2D eigenvalue weighted by Gasteiger charge is 2.33. The molecule has 3 aromatic rings. The number of rotatable bonds is 9. The van der Waals surface area contributed by atoms with Crippen LogP contribution in [-0.2, 0) is 17.8 Å². The summed E-state index contributed by atoms with van der Waals surface area (Å²) in [6, 6.07) is 13.1. The minimum Gasteiger partial charge on any atom is -0.493 e. The SMILES string of the molecule is CCOc1cccc(F)c1CN1CCN(C(=O)C(N)C2CCN(CCc3cccc4[nH]ccc34)CC2)CC1. The monoisotopic (exact) mass is 521 g/mol. The molecule has 1 amide bonds. The second-order valence-electron chi connectivity index (χ2n) is 10.6. The van der Waals surface area contributed by atoms with Gasteiger partial charge >= 0.3 is 0 Å². The minimum absolute atomic E-state index is 0.0585. The fourth-order valence-electron chi connectivity index (χ4n) is 5.93. The minimum atomic E-state index is -0.451. The van der Waals surface area contributed by atoms with E-state index in [9.17, 15) is 9.18 Å². The number of aromatic nitrogens is 1. The molecule has 0 saturated carbocycles. The van der Waals surface area contributed by atoms with Crippen molar-refractivity contribution < 1.29 is 13.9 Å². The highest BCUT2D eigenvalue weighted by atomic mass is 19.1. The van der Waals surface area contributed by atoms with E-state index in [1.807, 2.05) is 24.1 Å². The van der Waals surface area contributed by atoms with Gasteiger partial charge in [0.2, 0.25) is 5.91 Å². The Kier molecular flexibility index (Phi) is 8.61. The van der Waals surface area contributed by atoms with Gasteiger partial charge in [-0.1, -0.05) is 18.2 Å². The maximum atomic E-state index is 14.5. The first-order chi connectivity index (χ1) is 18.5. The standard InChI is InChI=1S/C30H40FN5O2/c1-2-38-28-8-4-6-26(31)25(28)21-35-17-19-36(20-18-35)30(37)29(32)23-11-15-34(16-12-23)14-10-22-5-3-7-27-24(22)9-13-33-27/h3-9,13,23,29,33H,2,10-12,14-21,32H2,1H3. The molecule has 2 saturated heterocycles. The van der Waals surface area contributed by atoms with Crippen molar-refractivity contribution in [3.8, 4) is 5.75 Å². The highest BCUT2D eigenvalue weighted by Crippen LogP contribution is 2.25. The summed E-state index contributed by atoms with van der Waals surface area (Å²) in [6.45, 7) is 8.50. The molecule has 2 fully saturated rings. The number of nitrogens with zero attached hydrogens (tertiary/aromatic N) is 3. The van der Waals surface area contributed by atoms with Crippen LogP contribution in [0.4, 0.5) is 4.39 Å². The summed E-state index contributed by atoms with van der Waals surface area (Å²) in [5.41, 5.74) is 9.67. The first-order valence-electron chi connectivity index (χ1n) is 14.0. The molecule has 0 bridgehead atoms. The Morgan fingerprint density at radius 3 is 2.58 bits per heavy atom. The molecule has 0 radical (unpaired) electrons. The Hall–Kier alpha value is -2.94. The Balaban J connectivity index is 1.07. The van der Waals surface area contributed by atoms with Crippen molar-refractivity contribution in [3.63, 3.8) is 0 Å². The molecular formula is C30H40FN5O2. The molecule has 1 aromatic heterocycles. The number of carbonyl (C=O) groups excluding carboxylic acids is 1. The van der Waals surface area contributed by atoms with E-state index in [4.69, 9.17) is 10.5 Å². The summed E-state index contributed by atoms with van der Waals surface area (Å²) in [7, 11) is 0. The zero-order valence-electron chi connectivity index (χ0n) is 22.4. The number of piperidine rings is 1. The van der Waals surface area contributed by atoms with E-state index in [1.54, 1.807) is 6.07 Å². The number of hydrogen-bond donors (Lipinski definition) is 2. The lowest BCUT2D eigenvalue weighted by Gasteiger charge is -2.39. The van der Waals surface area contributed by atoms with Gasteiger partial charge < -0.3 is 25.3 Å². The summed E-state index contributed by atoms with van der Waals surface area (Å²) < 4.78 is 20.1. The molecule has 0 aliphatic carbocycles. The molecule has 204 valence electrons. The van der Waals surface area contributed by atoms with Crippen molar-refractivity contribution in [2.45, 2.75) is 38.8 Å². The number of likely N-dealkylation sites (tertiary alicyclic amines) is 1. The molecule has 8 heteroatoms. The topological polar surface area (TPSA) is 77.8 Å². The third-order valence-electron chi connectivity index (χ3n) is 8.25. The number of ether oxygens (including phenoxy) is 1. The van der Waals surface area contributed by atoms with Crippen molar-refractivity contribution in [2.75, 3.05) is 52.4 Å². The van der Waals surface area contributed by atoms with Crippen LogP contribution in [0.15, 0.2) is 48.7 Å². The van der Waals surface area contributed by atoms with Crippen LogP contribution in [0.25, 0.3) is 10.9 Å². The van der Waals surface area contributed by atoms with Gasteiger partial charge in [0.15, 0.2) is 0 Å². The quantitative estimate of drug-likeness (QED) is 0.450. The van der Waals surface area contributed by atoms with Crippen LogP contribution >= 0.6 is 0 Å². The molecule has 1 unspecified atom stereocenters. The molecule has 3 heterocycles. The second-order valence-corrected chi connectivity index (χ2v) is 10.6. The number of carbonyl (C=O) groups is 1. The van der Waals surface area contributed by atoms with Crippen LogP contribution in [0.5, 0.6) is 5.75 Å². The number of nitrogens with two attached hydrogens (primary N) is 1. The van der Waals surface area contributed by atoms with Gasteiger partial charge in [-0.3, -0.25) is 9.69 Å². The molecule has 2 aliphatic heterocycles. The van der Waals surface area contributed by atoms with E-state index in [2.05, 4.69) is 39.0 Å². The molecule has 38 heavy (non-hydrogen) atoms. The molecular weight excluding hydrogens is 481 g/mol. The van der Waals surface area contributed by atoms with Gasteiger partial charge in [-0.05, 0) is 75.0 Å². The summed E-state index contributed by atoms with van der Waals surface area (Å²) in [4.78, 5) is 23.1. The summed E-state index contributed by atoms with van der Waals surface area (Å²) >= 11 is 0. The van der Waals surface area contributed by atoms with Gasteiger partial charge in [-0.2, -0.15) is 0 Å². The van der Waals surface area contributed by atoms with Gasteiger partial charge in [0, 0.05) is 61.9 Å². The fourth-order valence-corrected chi connectivity index (χ4v) is 5.93. The predicted molar refractivity (Wildman–Crippen MR) is 149 cm³/mol. The van der Waals surface area contributed by atoms with E-state index in [-0.39, 0.29) is 17.6 Å². The lowest BCUT2D eigenvalue weighted by Crippen LogP contribution is -2.55. The first kappa shape index (κ1) is 26.7. The predicted octanol–water partition coefficient (Wildman–Crippen LogP) is 3.63. The number of benzene rings is 2. The molecule has 2 aromatic carbocycles. The largest absolute Gasteiger partial charge is 0.493 e. The molecule has 0 spiro atoms. The van der Waals surface area contributed by atoms with E-state index >= 15 is 0 Å². The van der Waals surface area contributed by atoms with Gasteiger partial charge in [-0.15, -0.1) is 0 Å². The molecule has 1 atom stereocenters. The van der Waals surface area contributed by atoms with Crippen LogP contribution in [0, 0.1) is 11.7 Å². The number of aromatic amines is 1. The van der Waals surface area contributed by atoms with E-state index in [0.717, 1.165) is 38.9 Å². The van der Waals surface area contributed by atoms with Gasteiger partial charge in [0.05, 0.1) is 12.6 Å². The van der Waals surface area contributed by atoms with Crippen molar-refractivity contribution >= 4 is 16.8 Å². The van der Waals surface area contributed by atoms with Crippen molar-refractivity contribution in [1.82, 2.24) is 19.7 Å². The van der Waals surface area contributed by atoms with E-state index < -0.39 is 6.04 Å². The Labute approximate surface area is 224 Å². The zero-order chi connectivity index (χ0) is 26.5. The summed E-state index contributed by atoms with van der Waals surface area (Å²) in [5.74, 6) is 0.630. The Bertz CT molecular complexity index is 1210. The van der Waals surface area contributed by atoms with E-state index in [1.165, 1.54) is 22.5 Å². The smallest absolute Gasteiger partial charge is 0.239 e. The fraction of sp³-hybridized carbons (Fsp3) is 0.500. The average Bonchev–Trinajstić information content (AvgIpc) is 3.43. The average molecular weight is 522 g/mol.